The molecule has 0 fully saturated rings. The van der Waals surface area contributed by atoms with Gasteiger partial charge in [-0.15, -0.1) is 0 Å². The largest absolute Gasteiger partial charge is 0.457 e. The summed E-state index contributed by atoms with van der Waals surface area (Å²) >= 11 is 0. The van der Waals surface area contributed by atoms with Crippen LogP contribution < -0.4 is 10.1 Å². The van der Waals surface area contributed by atoms with Crippen LogP contribution in [-0.2, 0) is 9.53 Å². The van der Waals surface area contributed by atoms with Crippen molar-refractivity contribution in [1.29, 1.82) is 0 Å². The van der Waals surface area contributed by atoms with Gasteiger partial charge >= 0.3 is 5.97 Å². The van der Waals surface area contributed by atoms with Gasteiger partial charge in [0.15, 0.2) is 11.8 Å². The van der Waals surface area contributed by atoms with Crippen molar-refractivity contribution in [3.8, 4) is 23.0 Å². The first-order valence-electron chi connectivity index (χ1n) is 10.4. The number of nitrogens with zero attached hydrogens (tertiary/aromatic N) is 1. The first-order valence-corrected chi connectivity index (χ1v) is 10.4. The molecule has 0 radical (unpaired) electrons. The van der Waals surface area contributed by atoms with Crippen molar-refractivity contribution < 1.29 is 23.5 Å². The van der Waals surface area contributed by atoms with Gasteiger partial charge in [0, 0.05) is 11.3 Å². The van der Waals surface area contributed by atoms with Crippen molar-refractivity contribution in [3.05, 3.63) is 96.4 Å². The number of benzene rings is 3. The van der Waals surface area contributed by atoms with Crippen LogP contribution in [0, 0.1) is 6.92 Å². The molecule has 4 rings (SSSR count). The van der Waals surface area contributed by atoms with Crippen LogP contribution >= 0.6 is 0 Å². The number of ether oxygens (including phenoxy) is 2. The monoisotopic (exact) mass is 442 g/mol. The highest BCUT2D eigenvalue weighted by Gasteiger charge is 2.24. The Hall–Kier alpha value is -4.39. The molecule has 0 aliphatic rings. The molecule has 1 atom stereocenters. The number of hydrogen-bond donors (Lipinski definition) is 1. The van der Waals surface area contributed by atoms with Crippen LogP contribution in [0.1, 0.15) is 23.2 Å². The molecule has 1 amide bonds. The third kappa shape index (κ3) is 5.46. The summed E-state index contributed by atoms with van der Waals surface area (Å²) in [7, 11) is 0. The topological polar surface area (TPSA) is 90.7 Å². The summed E-state index contributed by atoms with van der Waals surface area (Å²) in [6.45, 7) is 3.12. The molecular weight excluding hydrogens is 420 g/mol. The summed E-state index contributed by atoms with van der Waals surface area (Å²) in [5.41, 5.74) is 1.33. The van der Waals surface area contributed by atoms with E-state index < -0.39 is 18.0 Å². The summed E-state index contributed by atoms with van der Waals surface area (Å²) in [6.07, 6.45) is -1.03. The second-order valence-corrected chi connectivity index (χ2v) is 7.27. The minimum Gasteiger partial charge on any atom is -0.457 e. The molecule has 0 spiro atoms. The molecule has 0 saturated carbocycles. The van der Waals surface area contributed by atoms with E-state index in [4.69, 9.17) is 13.9 Å². The quantitative estimate of drug-likeness (QED) is 0.373. The molecule has 3 aromatic carbocycles. The van der Waals surface area contributed by atoms with Gasteiger partial charge in [-0.1, -0.05) is 36.4 Å². The SMILES string of the molecule is Cc1oc(-c2ccccc2)nc1C(=O)OC(C)C(=O)Nc1ccc(Oc2ccccc2)cc1. The first-order chi connectivity index (χ1) is 16.0. The van der Waals surface area contributed by atoms with Crippen molar-refractivity contribution in [2.75, 3.05) is 5.32 Å². The molecule has 7 heteroatoms. The van der Waals surface area contributed by atoms with Gasteiger partial charge < -0.3 is 19.2 Å². The number of nitrogens with one attached hydrogen (secondary N) is 1. The molecule has 0 saturated heterocycles. The Morgan fingerprint density at radius 3 is 2.15 bits per heavy atom. The highest BCUT2D eigenvalue weighted by atomic mass is 16.5. The zero-order chi connectivity index (χ0) is 23.2. The van der Waals surface area contributed by atoms with Gasteiger partial charge in [0.25, 0.3) is 5.91 Å². The average molecular weight is 442 g/mol. The molecule has 1 aromatic heterocycles. The van der Waals surface area contributed by atoms with E-state index in [1.165, 1.54) is 6.92 Å². The van der Waals surface area contributed by atoms with E-state index in [-0.39, 0.29) is 5.69 Å². The van der Waals surface area contributed by atoms with Crippen molar-refractivity contribution >= 4 is 17.6 Å². The van der Waals surface area contributed by atoms with Crippen molar-refractivity contribution in [3.63, 3.8) is 0 Å². The summed E-state index contributed by atoms with van der Waals surface area (Å²) < 4.78 is 16.6. The third-order valence-electron chi connectivity index (χ3n) is 4.76. The fourth-order valence-corrected chi connectivity index (χ4v) is 3.03. The highest BCUT2D eigenvalue weighted by molar-refractivity contribution is 5.97. The Bertz CT molecular complexity index is 1230. The number of carbonyl (C=O) groups is 2. The van der Waals surface area contributed by atoms with Gasteiger partial charge in [-0.3, -0.25) is 4.79 Å². The maximum absolute atomic E-state index is 12.6. The van der Waals surface area contributed by atoms with Crippen molar-refractivity contribution in [2.45, 2.75) is 20.0 Å². The van der Waals surface area contributed by atoms with Gasteiger partial charge in [0.2, 0.25) is 5.89 Å². The minimum absolute atomic E-state index is 0.0379. The molecule has 7 nitrogen and oxygen atoms in total. The predicted octanol–water partition coefficient (Wildman–Crippen LogP) is 5.63. The third-order valence-corrected chi connectivity index (χ3v) is 4.76. The Labute approximate surface area is 191 Å². The van der Waals surface area contributed by atoms with E-state index in [1.54, 1.807) is 31.2 Å². The highest BCUT2D eigenvalue weighted by Crippen LogP contribution is 2.24. The summed E-state index contributed by atoms with van der Waals surface area (Å²) in [6, 6.07) is 25.5. The lowest BCUT2D eigenvalue weighted by Crippen LogP contribution is -2.30. The molecular formula is C26H22N2O5. The number of oxazole rings is 1. The van der Waals surface area contributed by atoms with Gasteiger partial charge in [0.05, 0.1) is 0 Å². The average Bonchev–Trinajstić information content (AvgIpc) is 3.23. The smallest absolute Gasteiger partial charge is 0.361 e. The van der Waals surface area contributed by atoms with E-state index in [1.807, 2.05) is 60.7 Å². The molecule has 4 aromatic rings. The van der Waals surface area contributed by atoms with Crippen LogP contribution in [0.15, 0.2) is 89.3 Å². The van der Waals surface area contributed by atoms with Gasteiger partial charge in [0.1, 0.15) is 17.3 Å². The Morgan fingerprint density at radius 1 is 0.879 bits per heavy atom. The molecule has 0 bridgehead atoms. The normalized spacial score (nSPS) is 11.5. The lowest BCUT2D eigenvalue weighted by Gasteiger charge is -2.13. The van der Waals surface area contributed by atoms with Crippen LogP contribution in [0.5, 0.6) is 11.5 Å². The van der Waals surface area contributed by atoms with Crippen LogP contribution in [0.3, 0.4) is 0 Å². The lowest BCUT2D eigenvalue weighted by molar-refractivity contribution is -0.123. The van der Waals surface area contributed by atoms with Crippen LogP contribution in [0.4, 0.5) is 5.69 Å². The number of anilines is 1. The van der Waals surface area contributed by atoms with E-state index in [0.717, 1.165) is 5.56 Å². The van der Waals surface area contributed by atoms with Gasteiger partial charge in [-0.2, -0.15) is 0 Å². The number of aryl methyl sites for hydroxylation is 1. The molecule has 166 valence electrons. The number of amides is 1. The van der Waals surface area contributed by atoms with Crippen LogP contribution in [-0.4, -0.2) is 23.0 Å². The minimum atomic E-state index is -1.03. The fraction of sp³-hybridized carbons (Fsp3) is 0.115. The zero-order valence-corrected chi connectivity index (χ0v) is 18.1. The Morgan fingerprint density at radius 2 is 1.48 bits per heavy atom. The molecule has 33 heavy (non-hydrogen) atoms. The maximum atomic E-state index is 12.6. The predicted molar refractivity (Wildman–Crippen MR) is 123 cm³/mol. The van der Waals surface area contributed by atoms with E-state index in [2.05, 4.69) is 10.3 Å². The molecule has 1 unspecified atom stereocenters. The van der Waals surface area contributed by atoms with Crippen molar-refractivity contribution in [1.82, 2.24) is 4.98 Å². The second kappa shape index (κ2) is 9.82. The first kappa shape index (κ1) is 21.8. The summed E-state index contributed by atoms with van der Waals surface area (Å²) in [4.78, 5) is 29.3. The maximum Gasteiger partial charge on any atom is 0.361 e. The van der Waals surface area contributed by atoms with Crippen LogP contribution in [0.25, 0.3) is 11.5 Å². The van der Waals surface area contributed by atoms with Crippen molar-refractivity contribution in [2.24, 2.45) is 0 Å². The number of esters is 1. The standard InChI is InChI=1S/C26H22N2O5/c1-17-23(28-25(31-17)19-9-5-3-6-10-19)26(30)32-18(2)24(29)27-20-13-15-22(16-14-20)33-21-11-7-4-8-12-21/h3-16,18H,1-2H3,(H,27,29). The number of rotatable bonds is 7. The number of carbonyl (C=O) groups excluding carboxylic acids is 2. The van der Waals surface area contributed by atoms with Gasteiger partial charge in [-0.05, 0) is 62.4 Å². The van der Waals surface area contributed by atoms with Crippen LogP contribution in [0.2, 0.25) is 0 Å². The fourth-order valence-electron chi connectivity index (χ4n) is 3.03. The molecule has 0 aliphatic carbocycles. The zero-order valence-electron chi connectivity index (χ0n) is 18.1. The van der Waals surface area contributed by atoms with E-state index in [9.17, 15) is 9.59 Å². The number of hydrogen-bond acceptors (Lipinski definition) is 6. The van der Waals surface area contributed by atoms with E-state index >= 15 is 0 Å². The number of para-hydroxylation sites is 1. The lowest BCUT2D eigenvalue weighted by atomic mass is 10.2. The Kier molecular flexibility index (Phi) is 6.50. The van der Waals surface area contributed by atoms with E-state index in [0.29, 0.717) is 28.8 Å². The summed E-state index contributed by atoms with van der Waals surface area (Å²) in [5, 5.41) is 2.72. The van der Waals surface area contributed by atoms with Gasteiger partial charge in [-0.25, -0.2) is 9.78 Å². The molecule has 1 heterocycles. The summed E-state index contributed by atoms with van der Waals surface area (Å²) in [5.74, 6) is 0.787. The molecule has 1 N–H and O–H groups in total. The molecule has 0 aliphatic heterocycles. The Balaban J connectivity index is 1.35. The number of aromatic nitrogens is 1. The second-order valence-electron chi connectivity index (χ2n) is 7.27.